The van der Waals surface area contributed by atoms with Crippen LogP contribution in [0.25, 0.3) is 0 Å². The second-order valence-electron chi connectivity index (χ2n) is 9.00. The van der Waals surface area contributed by atoms with E-state index in [9.17, 15) is 5.26 Å². The minimum Gasteiger partial charge on any atom is -0.350 e. The third kappa shape index (κ3) is 4.43. The summed E-state index contributed by atoms with van der Waals surface area (Å²) >= 11 is 0. The van der Waals surface area contributed by atoms with Gasteiger partial charge in [-0.1, -0.05) is 38.0 Å². The highest BCUT2D eigenvalue weighted by molar-refractivity contribution is 5.42. The lowest BCUT2D eigenvalue weighted by Crippen LogP contribution is -2.39. The first-order chi connectivity index (χ1) is 13.4. The monoisotopic (exact) mass is 380 g/mol. The predicted molar refractivity (Wildman–Crippen MR) is 105 cm³/mol. The molecule has 0 amide bonds. The molecule has 0 radical (unpaired) electrons. The van der Waals surface area contributed by atoms with Crippen molar-refractivity contribution in [1.82, 2.24) is 15.0 Å². The van der Waals surface area contributed by atoms with Gasteiger partial charge in [0.25, 0.3) is 0 Å². The molecule has 2 fully saturated rings. The maximum Gasteiger partial charge on any atom is 0.177 e. The molecule has 4 rings (SSSR count). The van der Waals surface area contributed by atoms with Gasteiger partial charge in [-0.15, -0.1) is 5.10 Å². The molecule has 1 saturated heterocycles. The van der Waals surface area contributed by atoms with Crippen LogP contribution < -0.4 is 0 Å². The van der Waals surface area contributed by atoms with Gasteiger partial charge in [-0.3, -0.25) is 0 Å². The van der Waals surface area contributed by atoms with Crippen molar-refractivity contribution in [2.45, 2.75) is 58.8 Å². The van der Waals surface area contributed by atoms with E-state index in [0.717, 1.165) is 18.0 Å². The molecule has 2 aromatic rings. The van der Waals surface area contributed by atoms with Crippen LogP contribution in [-0.2, 0) is 16.0 Å². The van der Waals surface area contributed by atoms with E-state index in [0.29, 0.717) is 25.3 Å². The highest BCUT2D eigenvalue weighted by Crippen LogP contribution is 2.42. The molecule has 1 atom stereocenters. The van der Waals surface area contributed by atoms with Gasteiger partial charge in [-0.25, -0.2) is 4.68 Å². The second kappa shape index (κ2) is 7.65. The lowest BCUT2D eigenvalue weighted by molar-refractivity contribution is -0.227. The maximum atomic E-state index is 9.31. The quantitative estimate of drug-likeness (QED) is 0.762. The topological polar surface area (TPSA) is 73.0 Å². The molecule has 1 aromatic heterocycles. The van der Waals surface area contributed by atoms with Gasteiger partial charge < -0.3 is 9.47 Å². The van der Waals surface area contributed by atoms with Crippen LogP contribution in [0.5, 0.6) is 0 Å². The third-order valence-corrected chi connectivity index (χ3v) is 5.62. The Balaban J connectivity index is 1.53. The van der Waals surface area contributed by atoms with Crippen molar-refractivity contribution in [3.05, 3.63) is 46.8 Å². The van der Waals surface area contributed by atoms with Crippen LogP contribution in [0, 0.1) is 29.6 Å². The lowest BCUT2D eigenvalue weighted by Gasteiger charge is -2.34. The van der Waals surface area contributed by atoms with Crippen molar-refractivity contribution in [3.63, 3.8) is 0 Å². The molecule has 0 N–H and O–H groups in total. The fourth-order valence-corrected chi connectivity index (χ4v) is 3.73. The molecule has 0 bridgehead atoms. The number of ether oxygens (including phenoxy) is 2. The van der Waals surface area contributed by atoms with Crippen LogP contribution in [0.4, 0.5) is 0 Å². The molecule has 2 heterocycles. The average molecular weight is 380 g/mol. The Morgan fingerprint density at radius 1 is 1.29 bits per heavy atom. The summed E-state index contributed by atoms with van der Waals surface area (Å²) in [4.78, 5) is 0. The first-order valence-corrected chi connectivity index (χ1v) is 10.1. The van der Waals surface area contributed by atoms with Crippen LogP contribution in [0.2, 0.25) is 0 Å². The van der Waals surface area contributed by atoms with Crippen molar-refractivity contribution >= 4 is 0 Å². The van der Waals surface area contributed by atoms with Gasteiger partial charge >= 0.3 is 0 Å². The Bertz CT molecular complexity index is 869. The van der Waals surface area contributed by atoms with E-state index < -0.39 is 0 Å². The molecule has 1 aliphatic heterocycles. The number of nitriles is 1. The molecule has 28 heavy (non-hydrogen) atoms. The van der Waals surface area contributed by atoms with E-state index in [-0.39, 0.29) is 17.6 Å². The van der Waals surface area contributed by atoms with E-state index in [1.165, 1.54) is 24.0 Å². The summed E-state index contributed by atoms with van der Waals surface area (Å²) in [6.07, 6.45) is 5.34. The zero-order valence-electron chi connectivity index (χ0n) is 16.9. The average Bonchev–Trinajstić information content (AvgIpc) is 3.38. The SMILES string of the molecule is Cc1ccc(C#N)cc1C(CC1CC1)c1cn(CC2OCC(C)(C)CO2)nn1. The molecule has 1 saturated carbocycles. The number of aryl methyl sites for hydroxylation is 1. The number of nitrogens with zero attached hydrogens (tertiary/aromatic N) is 4. The number of aromatic nitrogens is 3. The van der Waals surface area contributed by atoms with Crippen LogP contribution in [0.1, 0.15) is 61.4 Å². The smallest absolute Gasteiger partial charge is 0.177 e. The second-order valence-corrected chi connectivity index (χ2v) is 9.00. The predicted octanol–water partition coefficient (Wildman–Crippen LogP) is 3.79. The molecular formula is C22H28N4O2. The summed E-state index contributed by atoms with van der Waals surface area (Å²) in [6.45, 7) is 8.28. The Labute approximate surface area is 166 Å². The Morgan fingerprint density at radius 2 is 2.04 bits per heavy atom. The first-order valence-electron chi connectivity index (χ1n) is 10.1. The first kappa shape index (κ1) is 19.1. The van der Waals surface area contributed by atoms with Crippen LogP contribution in [0.3, 0.4) is 0 Å². The molecule has 0 spiro atoms. The standard InChI is InChI=1S/C22H28N4O2/c1-15-4-5-17(10-23)9-18(15)19(8-16-6-7-16)20-11-26(25-24-20)12-21-27-13-22(2,3)14-28-21/h4-5,9,11,16,19,21H,6-8,12-14H2,1-3H3. The molecule has 6 nitrogen and oxygen atoms in total. The summed E-state index contributed by atoms with van der Waals surface area (Å²) in [7, 11) is 0. The highest BCUT2D eigenvalue weighted by atomic mass is 16.7. The number of hydrogen-bond donors (Lipinski definition) is 0. The number of benzene rings is 1. The molecule has 1 aliphatic carbocycles. The van der Waals surface area contributed by atoms with Crippen molar-refractivity contribution in [3.8, 4) is 6.07 Å². The van der Waals surface area contributed by atoms with E-state index in [4.69, 9.17) is 9.47 Å². The minimum absolute atomic E-state index is 0.0582. The van der Waals surface area contributed by atoms with Crippen molar-refractivity contribution in [2.24, 2.45) is 11.3 Å². The Kier molecular flexibility index (Phi) is 5.22. The summed E-state index contributed by atoms with van der Waals surface area (Å²) in [5.74, 6) is 0.911. The summed E-state index contributed by atoms with van der Waals surface area (Å²) in [6, 6.07) is 8.18. The fraction of sp³-hybridized carbons (Fsp3) is 0.591. The van der Waals surface area contributed by atoms with Gasteiger partial charge in [-0.05, 0) is 42.5 Å². The van der Waals surface area contributed by atoms with Gasteiger partial charge in [0.2, 0.25) is 0 Å². The Hall–Kier alpha value is -2.23. The van der Waals surface area contributed by atoms with Crippen LogP contribution >= 0.6 is 0 Å². The van der Waals surface area contributed by atoms with Crippen molar-refractivity contribution in [1.29, 1.82) is 5.26 Å². The molecular weight excluding hydrogens is 352 g/mol. The van der Waals surface area contributed by atoms with Gasteiger partial charge in [-0.2, -0.15) is 5.26 Å². The molecule has 6 heteroatoms. The summed E-state index contributed by atoms with van der Waals surface area (Å²) in [5.41, 5.74) is 4.09. The van der Waals surface area contributed by atoms with E-state index in [1.54, 1.807) is 0 Å². The Morgan fingerprint density at radius 3 is 2.71 bits per heavy atom. The summed E-state index contributed by atoms with van der Waals surface area (Å²) in [5, 5.41) is 18.1. The van der Waals surface area contributed by atoms with Crippen LogP contribution in [0.15, 0.2) is 24.4 Å². The van der Waals surface area contributed by atoms with Crippen molar-refractivity contribution in [2.75, 3.05) is 13.2 Å². The largest absolute Gasteiger partial charge is 0.350 e. The zero-order chi connectivity index (χ0) is 19.7. The molecule has 1 unspecified atom stereocenters. The van der Waals surface area contributed by atoms with Gasteiger partial charge in [0, 0.05) is 17.5 Å². The number of rotatable bonds is 6. The van der Waals surface area contributed by atoms with Crippen LogP contribution in [-0.4, -0.2) is 34.5 Å². The minimum atomic E-state index is -0.284. The van der Waals surface area contributed by atoms with Gasteiger partial charge in [0.05, 0.1) is 37.1 Å². The van der Waals surface area contributed by atoms with Gasteiger partial charge in [0.15, 0.2) is 6.29 Å². The molecule has 2 aliphatic rings. The number of hydrogen-bond acceptors (Lipinski definition) is 5. The lowest BCUT2D eigenvalue weighted by atomic mass is 9.87. The summed E-state index contributed by atoms with van der Waals surface area (Å²) < 4.78 is 13.5. The zero-order valence-corrected chi connectivity index (χ0v) is 16.9. The van der Waals surface area contributed by atoms with E-state index >= 15 is 0 Å². The third-order valence-electron chi connectivity index (χ3n) is 5.62. The van der Waals surface area contributed by atoms with E-state index in [1.807, 2.05) is 29.1 Å². The molecule has 148 valence electrons. The highest BCUT2D eigenvalue weighted by Gasteiger charge is 2.31. The normalized spacial score (nSPS) is 20.6. The van der Waals surface area contributed by atoms with E-state index in [2.05, 4.69) is 37.2 Å². The van der Waals surface area contributed by atoms with Gasteiger partial charge in [0.1, 0.15) is 0 Å². The molecule has 1 aromatic carbocycles. The maximum absolute atomic E-state index is 9.31. The fourth-order valence-electron chi connectivity index (χ4n) is 3.73. The van der Waals surface area contributed by atoms with Crippen molar-refractivity contribution < 1.29 is 9.47 Å².